The molecule has 2 rings (SSSR count). The Morgan fingerprint density at radius 2 is 2.00 bits per heavy atom. The van der Waals surface area contributed by atoms with Gasteiger partial charge >= 0.3 is 0 Å². The topological polar surface area (TPSA) is 25.2 Å². The van der Waals surface area contributed by atoms with Crippen LogP contribution in [0.3, 0.4) is 0 Å². The van der Waals surface area contributed by atoms with E-state index >= 15 is 0 Å². The smallest absolute Gasteiger partial charge is 0.137 e. The molecule has 2 aromatic rings. The largest absolute Gasteiger partial charge is 0.472 e. The first kappa shape index (κ1) is 11.4. The summed E-state index contributed by atoms with van der Waals surface area (Å²) >= 11 is 3.16. The summed E-state index contributed by atoms with van der Waals surface area (Å²) in [7, 11) is 0. The molecule has 0 spiro atoms. The molecule has 0 fully saturated rings. The lowest BCUT2D eigenvalue weighted by Crippen LogP contribution is -2.12. The van der Waals surface area contributed by atoms with Gasteiger partial charge in [-0.3, -0.25) is 0 Å². The molecular formula is C12H11BrFNO. The van der Waals surface area contributed by atoms with Crippen LogP contribution >= 0.6 is 15.9 Å². The Balaban J connectivity index is 1.87. The maximum absolute atomic E-state index is 13.0. The third-order valence-corrected chi connectivity index (χ3v) is 2.83. The summed E-state index contributed by atoms with van der Waals surface area (Å²) in [6.45, 7) is 1.44. The Kier molecular flexibility index (Phi) is 3.74. The van der Waals surface area contributed by atoms with Crippen LogP contribution in [0.4, 0.5) is 4.39 Å². The van der Waals surface area contributed by atoms with E-state index in [0.717, 1.165) is 17.7 Å². The van der Waals surface area contributed by atoms with Crippen LogP contribution in [0.25, 0.3) is 0 Å². The summed E-state index contributed by atoms with van der Waals surface area (Å²) in [4.78, 5) is 0. The maximum Gasteiger partial charge on any atom is 0.137 e. The highest BCUT2D eigenvalue weighted by Crippen LogP contribution is 2.16. The number of halogens is 2. The van der Waals surface area contributed by atoms with E-state index < -0.39 is 0 Å². The van der Waals surface area contributed by atoms with Crippen LogP contribution in [-0.4, -0.2) is 0 Å². The fourth-order valence-electron chi connectivity index (χ4n) is 1.39. The molecule has 0 atom stereocenters. The molecule has 16 heavy (non-hydrogen) atoms. The van der Waals surface area contributed by atoms with Gasteiger partial charge in [0, 0.05) is 18.7 Å². The summed E-state index contributed by atoms with van der Waals surface area (Å²) in [5, 5.41) is 3.25. The minimum Gasteiger partial charge on any atom is -0.472 e. The molecule has 0 unspecified atom stereocenters. The van der Waals surface area contributed by atoms with Gasteiger partial charge in [0.05, 0.1) is 17.0 Å². The van der Waals surface area contributed by atoms with E-state index in [1.807, 2.05) is 6.07 Å². The van der Waals surface area contributed by atoms with Gasteiger partial charge in [0.2, 0.25) is 0 Å². The average molecular weight is 284 g/mol. The molecule has 0 bridgehead atoms. The number of rotatable bonds is 4. The van der Waals surface area contributed by atoms with Crippen molar-refractivity contribution in [2.75, 3.05) is 0 Å². The molecule has 0 aliphatic heterocycles. The molecule has 0 saturated carbocycles. The van der Waals surface area contributed by atoms with Crippen molar-refractivity contribution in [3.8, 4) is 0 Å². The molecule has 0 aliphatic carbocycles. The van der Waals surface area contributed by atoms with Gasteiger partial charge in [-0.25, -0.2) is 4.39 Å². The second-order valence-corrected chi connectivity index (χ2v) is 4.34. The van der Waals surface area contributed by atoms with Crippen LogP contribution in [0.15, 0.2) is 45.7 Å². The quantitative estimate of drug-likeness (QED) is 0.930. The first-order chi connectivity index (χ1) is 7.75. The Morgan fingerprint density at radius 1 is 1.19 bits per heavy atom. The lowest BCUT2D eigenvalue weighted by Gasteiger charge is -2.04. The lowest BCUT2D eigenvalue weighted by atomic mass is 10.2. The summed E-state index contributed by atoms with van der Waals surface area (Å²) < 4.78 is 18.4. The zero-order chi connectivity index (χ0) is 11.4. The molecule has 0 amide bonds. The molecule has 84 valence electrons. The molecule has 0 aliphatic rings. The number of furan rings is 1. The fourth-order valence-corrected chi connectivity index (χ4v) is 1.82. The van der Waals surface area contributed by atoms with E-state index in [1.165, 1.54) is 6.07 Å². The van der Waals surface area contributed by atoms with Gasteiger partial charge in [0.1, 0.15) is 5.82 Å². The first-order valence-electron chi connectivity index (χ1n) is 4.91. The SMILES string of the molecule is Fc1ccc(CNCc2ccoc2)cc1Br. The minimum absolute atomic E-state index is 0.237. The van der Waals surface area contributed by atoms with Gasteiger partial charge in [0.15, 0.2) is 0 Å². The van der Waals surface area contributed by atoms with Gasteiger partial charge < -0.3 is 9.73 Å². The first-order valence-corrected chi connectivity index (χ1v) is 5.71. The Morgan fingerprint density at radius 3 is 2.69 bits per heavy atom. The predicted octanol–water partition coefficient (Wildman–Crippen LogP) is 3.47. The van der Waals surface area contributed by atoms with Gasteiger partial charge in [-0.2, -0.15) is 0 Å². The molecular weight excluding hydrogens is 273 g/mol. The van der Waals surface area contributed by atoms with Crippen molar-refractivity contribution in [2.24, 2.45) is 0 Å². The average Bonchev–Trinajstić information content (AvgIpc) is 2.76. The number of nitrogens with one attached hydrogen (secondary N) is 1. The standard InChI is InChI=1S/C12H11BrFNO/c13-11-5-9(1-2-12(11)14)6-15-7-10-3-4-16-8-10/h1-5,8,15H,6-7H2. The van der Waals surface area contributed by atoms with Crippen molar-refractivity contribution in [3.05, 3.63) is 58.2 Å². The highest BCUT2D eigenvalue weighted by atomic mass is 79.9. The van der Waals surface area contributed by atoms with Crippen molar-refractivity contribution in [1.29, 1.82) is 0 Å². The van der Waals surface area contributed by atoms with Crippen molar-refractivity contribution in [2.45, 2.75) is 13.1 Å². The maximum atomic E-state index is 13.0. The molecule has 4 heteroatoms. The zero-order valence-electron chi connectivity index (χ0n) is 8.54. The summed E-state index contributed by atoms with van der Waals surface area (Å²) in [6.07, 6.45) is 3.35. The summed E-state index contributed by atoms with van der Waals surface area (Å²) in [5.41, 5.74) is 2.14. The third-order valence-electron chi connectivity index (χ3n) is 2.22. The van der Waals surface area contributed by atoms with E-state index in [1.54, 1.807) is 24.7 Å². The molecule has 0 saturated heterocycles. The number of benzene rings is 1. The fraction of sp³-hybridized carbons (Fsp3) is 0.167. The lowest BCUT2D eigenvalue weighted by molar-refractivity contribution is 0.560. The monoisotopic (exact) mass is 283 g/mol. The van der Waals surface area contributed by atoms with Gasteiger partial charge in [-0.15, -0.1) is 0 Å². The Bertz CT molecular complexity index is 456. The van der Waals surface area contributed by atoms with Crippen molar-refractivity contribution in [3.63, 3.8) is 0 Å². The molecule has 1 heterocycles. The number of hydrogen-bond acceptors (Lipinski definition) is 2. The third kappa shape index (κ3) is 2.93. The van der Waals surface area contributed by atoms with Crippen LogP contribution in [-0.2, 0) is 13.1 Å². The zero-order valence-corrected chi connectivity index (χ0v) is 10.1. The van der Waals surface area contributed by atoms with E-state index in [0.29, 0.717) is 11.0 Å². The van der Waals surface area contributed by atoms with Gasteiger partial charge in [-0.1, -0.05) is 6.07 Å². The Labute approximate surface area is 102 Å². The highest BCUT2D eigenvalue weighted by molar-refractivity contribution is 9.10. The van der Waals surface area contributed by atoms with Crippen LogP contribution in [0.1, 0.15) is 11.1 Å². The molecule has 2 nitrogen and oxygen atoms in total. The Hall–Kier alpha value is -1.13. The summed E-state index contributed by atoms with van der Waals surface area (Å²) in [6, 6.07) is 6.91. The molecule has 0 radical (unpaired) electrons. The van der Waals surface area contributed by atoms with Gasteiger partial charge in [-0.05, 0) is 39.7 Å². The van der Waals surface area contributed by atoms with Crippen molar-refractivity contribution >= 4 is 15.9 Å². The predicted molar refractivity (Wildman–Crippen MR) is 63.4 cm³/mol. The summed E-state index contributed by atoms with van der Waals surface area (Å²) in [5.74, 6) is -0.237. The van der Waals surface area contributed by atoms with Crippen molar-refractivity contribution in [1.82, 2.24) is 5.32 Å². The highest BCUT2D eigenvalue weighted by Gasteiger charge is 2.00. The molecule has 1 aromatic heterocycles. The van der Waals surface area contributed by atoms with Gasteiger partial charge in [0.25, 0.3) is 0 Å². The van der Waals surface area contributed by atoms with Crippen LogP contribution in [0, 0.1) is 5.82 Å². The van der Waals surface area contributed by atoms with Crippen LogP contribution < -0.4 is 5.32 Å². The second kappa shape index (κ2) is 5.27. The second-order valence-electron chi connectivity index (χ2n) is 3.48. The van der Waals surface area contributed by atoms with E-state index in [-0.39, 0.29) is 5.82 Å². The van der Waals surface area contributed by atoms with Crippen LogP contribution in [0.2, 0.25) is 0 Å². The van der Waals surface area contributed by atoms with Crippen LogP contribution in [0.5, 0.6) is 0 Å². The minimum atomic E-state index is -0.237. The van der Waals surface area contributed by atoms with E-state index in [9.17, 15) is 4.39 Å². The van der Waals surface area contributed by atoms with E-state index in [2.05, 4.69) is 21.2 Å². The molecule has 1 N–H and O–H groups in total. The molecule has 1 aromatic carbocycles. The van der Waals surface area contributed by atoms with Crippen molar-refractivity contribution < 1.29 is 8.81 Å². The normalized spacial score (nSPS) is 10.6. The number of hydrogen-bond donors (Lipinski definition) is 1. The van der Waals surface area contributed by atoms with E-state index in [4.69, 9.17) is 4.42 Å².